The van der Waals surface area contributed by atoms with E-state index >= 15 is 0 Å². The van der Waals surface area contributed by atoms with Gasteiger partial charge in [0.05, 0.1) is 6.61 Å². The van der Waals surface area contributed by atoms with Gasteiger partial charge in [-0.2, -0.15) is 0 Å². The summed E-state index contributed by atoms with van der Waals surface area (Å²) in [6, 6.07) is 8.06. The lowest BCUT2D eigenvalue weighted by molar-refractivity contribution is 0.270. The molecule has 0 heterocycles. The highest BCUT2D eigenvalue weighted by Crippen LogP contribution is 2.23. The van der Waals surface area contributed by atoms with Crippen molar-refractivity contribution in [3.8, 4) is 0 Å². The molecule has 1 unspecified atom stereocenters. The first-order chi connectivity index (χ1) is 7.61. The molecule has 0 saturated carbocycles. The molecule has 4 N–H and O–H groups in total. The molecule has 4 heteroatoms. The molecule has 0 amide bonds. The van der Waals surface area contributed by atoms with E-state index in [-0.39, 0.29) is 12.6 Å². The van der Waals surface area contributed by atoms with Crippen LogP contribution in [0.1, 0.15) is 13.8 Å². The van der Waals surface area contributed by atoms with Crippen LogP contribution in [0.15, 0.2) is 29.2 Å². The Morgan fingerprint density at radius 3 is 2.44 bits per heavy atom. The molecule has 0 radical (unpaired) electrons. The lowest BCUT2D eigenvalue weighted by atomic mass is 10.3. The van der Waals surface area contributed by atoms with Crippen LogP contribution < -0.4 is 11.1 Å². The zero-order chi connectivity index (χ0) is 12.0. The second-order valence-corrected chi connectivity index (χ2v) is 5.66. The summed E-state index contributed by atoms with van der Waals surface area (Å²) >= 11 is 1.84. The van der Waals surface area contributed by atoms with Crippen molar-refractivity contribution in [1.29, 1.82) is 0 Å². The minimum absolute atomic E-state index is 0.00822. The smallest absolute Gasteiger partial charge is 0.0599 e. The summed E-state index contributed by atoms with van der Waals surface area (Å²) in [7, 11) is 0. The Hall–Kier alpha value is -0.710. The third-order valence-electron chi connectivity index (χ3n) is 2.03. The standard InChI is InChI=1S/C12H20N2OS/c1-9(2)16-12-5-3-11(4-6-12)14-7-10(13)8-15/h3-6,9-10,14-15H,7-8,13H2,1-2H3. The van der Waals surface area contributed by atoms with Crippen LogP contribution in [-0.4, -0.2) is 29.5 Å². The van der Waals surface area contributed by atoms with Gasteiger partial charge in [0.25, 0.3) is 0 Å². The monoisotopic (exact) mass is 240 g/mol. The summed E-state index contributed by atoms with van der Waals surface area (Å²) in [6.07, 6.45) is 0. The minimum atomic E-state index is -0.204. The van der Waals surface area contributed by atoms with Gasteiger partial charge in [0.1, 0.15) is 0 Å². The normalized spacial score (nSPS) is 12.8. The third-order valence-corrected chi connectivity index (χ3v) is 3.04. The Morgan fingerprint density at radius 2 is 1.94 bits per heavy atom. The van der Waals surface area contributed by atoms with Gasteiger partial charge in [-0.1, -0.05) is 13.8 Å². The third kappa shape index (κ3) is 4.88. The molecule has 0 aliphatic rings. The lowest BCUT2D eigenvalue weighted by Crippen LogP contribution is -2.32. The number of aliphatic hydroxyl groups is 1. The van der Waals surface area contributed by atoms with E-state index in [1.54, 1.807) is 0 Å². The maximum atomic E-state index is 8.79. The topological polar surface area (TPSA) is 58.3 Å². The summed E-state index contributed by atoms with van der Waals surface area (Å²) in [6.45, 7) is 4.95. The average Bonchev–Trinajstić information content (AvgIpc) is 2.27. The Labute approximate surface area is 101 Å². The van der Waals surface area contributed by atoms with Crippen LogP contribution in [-0.2, 0) is 0 Å². The molecule has 0 fully saturated rings. The zero-order valence-electron chi connectivity index (χ0n) is 9.81. The zero-order valence-corrected chi connectivity index (χ0v) is 10.6. The van der Waals surface area contributed by atoms with E-state index in [0.29, 0.717) is 11.8 Å². The predicted octanol–water partition coefficient (Wildman–Crippen LogP) is 1.92. The van der Waals surface area contributed by atoms with Gasteiger partial charge in [0.15, 0.2) is 0 Å². The van der Waals surface area contributed by atoms with E-state index < -0.39 is 0 Å². The van der Waals surface area contributed by atoms with Gasteiger partial charge in [-0.3, -0.25) is 0 Å². The molecule has 0 aromatic heterocycles. The quantitative estimate of drug-likeness (QED) is 0.665. The van der Waals surface area contributed by atoms with Gasteiger partial charge in [0.2, 0.25) is 0 Å². The van der Waals surface area contributed by atoms with Gasteiger partial charge < -0.3 is 16.2 Å². The maximum Gasteiger partial charge on any atom is 0.0599 e. The summed E-state index contributed by atoms with van der Waals surface area (Å²) in [5.41, 5.74) is 6.64. The first-order valence-electron chi connectivity index (χ1n) is 5.49. The molecule has 1 rings (SSSR count). The van der Waals surface area contributed by atoms with Crippen molar-refractivity contribution >= 4 is 17.4 Å². The molecule has 90 valence electrons. The van der Waals surface area contributed by atoms with Gasteiger partial charge in [-0.25, -0.2) is 0 Å². The maximum absolute atomic E-state index is 8.79. The number of nitrogens with two attached hydrogens (primary N) is 1. The summed E-state index contributed by atoms with van der Waals surface area (Å²) in [5, 5.41) is 12.6. The van der Waals surface area contributed by atoms with Gasteiger partial charge in [-0.05, 0) is 24.3 Å². The van der Waals surface area contributed by atoms with Crippen molar-refractivity contribution in [3.05, 3.63) is 24.3 Å². The van der Waals surface area contributed by atoms with E-state index in [4.69, 9.17) is 10.8 Å². The highest BCUT2D eigenvalue weighted by Gasteiger charge is 2.01. The van der Waals surface area contributed by atoms with Crippen LogP contribution >= 0.6 is 11.8 Å². The number of benzene rings is 1. The van der Waals surface area contributed by atoms with Gasteiger partial charge in [-0.15, -0.1) is 11.8 Å². The fourth-order valence-corrected chi connectivity index (χ4v) is 2.07. The second-order valence-electron chi connectivity index (χ2n) is 4.01. The van der Waals surface area contributed by atoms with E-state index in [1.807, 2.05) is 23.9 Å². The Bertz CT molecular complexity index is 300. The van der Waals surface area contributed by atoms with Crippen molar-refractivity contribution in [3.63, 3.8) is 0 Å². The summed E-state index contributed by atoms with van der Waals surface area (Å²) in [5.74, 6) is 0. The molecular weight excluding hydrogens is 220 g/mol. The Kier molecular flexibility index (Phi) is 5.66. The Morgan fingerprint density at radius 1 is 1.31 bits per heavy atom. The molecule has 0 saturated heterocycles. The van der Waals surface area contributed by atoms with Crippen molar-refractivity contribution in [1.82, 2.24) is 0 Å². The highest BCUT2D eigenvalue weighted by atomic mass is 32.2. The number of rotatable bonds is 6. The van der Waals surface area contributed by atoms with E-state index in [1.165, 1.54) is 4.90 Å². The van der Waals surface area contributed by atoms with Crippen LogP contribution in [0.2, 0.25) is 0 Å². The summed E-state index contributed by atoms with van der Waals surface area (Å²) < 4.78 is 0. The number of anilines is 1. The van der Waals surface area contributed by atoms with E-state index in [2.05, 4.69) is 31.3 Å². The minimum Gasteiger partial charge on any atom is -0.395 e. The van der Waals surface area contributed by atoms with Gasteiger partial charge >= 0.3 is 0 Å². The van der Waals surface area contributed by atoms with Crippen LogP contribution in [0, 0.1) is 0 Å². The van der Waals surface area contributed by atoms with Crippen LogP contribution in [0.5, 0.6) is 0 Å². The highest BCUT2D eigenvalue weighted by molar-refractivity contribution is 7.99. The first-order valence-corrected chi connectivity index (χ1v) is 6.37. The largest absolute Gasteiger partial charge is 0.395 e. The molecular formula is C12H20N2OS. The lowest BCUT2D eigenvalue weighted by Gasteiger charge is -2.11. The van der Waals surface area contributed by atoms with Crippen molar-refractivity contribution in [2.24, 2.45) is 5.73 Å². The number of aliphatic hydroxyl groups excluding tert-OH is 1. The van der Waals surface area contributed by atoms with Crippen molar-refractivity contribution in [2.45, 2.75) is 30.0 Å². The molecule has 1 atom stereocenters. The molecule has 1 aromatic carbocycles. The van der Waals surface area contributed by atoms with Crippen molar-refractivity contribution in [2.75, 3.05) is 18.5 Å². The summed E-state index contributed by atoms with van der Waals surface area (Å²) in [4.78, 5) is 1.27. The van der Waals surface area contributed by atoms with Crippen LogP contribution in [0.25, 0.3) is 0 Å². The fraction of sp³-hybridized carbons (Fsp3) is 0.500. The second kappa shape index (κ2) is 6.78. The van der Waals surface area contributed by atoms with Crippen LogP contribution in [0.3, 0.4) is 0 Å². The predicted molar refractivity (Wildman–Crippen MR) is 71.0 cm³/mol. The van der Waals surface area contributed by atoms with E-state index in [9.17, 15) is 0 Å². The molecule has 0 bridgehead atoms. The SMILES string of the molecule is CC(C)Sc1ccc(NCC(N)CO)cc1. The number of hydrogen-bond donors (Lipinski definition) is 3. The van der Waals surface area contributed by atoms with E-state index in [0.717, 1.165) is 5.69 Å². The molecule has 0 aliphatic heterocycles. The molecule has 0 aliphatic carbocycles. The Balaban J connectivity index is 2.45. The first kappa shape index (κ1) is 13.4. The number of nitrogens with one attached hydrogen (secondary N) is 1. The van der Waals surface area contributed by atoms with Gasteiger partial charge in [0, 0.05) is 28.4 Å². The number of thioether (sulfide) groups is 1. The number of hydrogen-bond acceptors (Lipinski definition) is 4. The molecule has 1 aromatic rings. The molecule has 16 heavy (non-hydrogen) atoms. The van der Waals surface area contributed by atoms with Crippen LogP contribution in [0.4, 0.5) is 5.69 Å². The van der Waals surface area contributed by atoms with Crippen molar-refractivity contribution < 1.29 is 5.11 Å². The molecule has 3 nitrogen and oxygen atoms in total. The average molecular weight is 240 g/mol. The molecule has 0 spiro atoms. The fourth-order valence-electron chi connectivity index (χ4n) is 1.24.